The zero-order valence-corrected chi connectivity index (χ0v) is 10.3. The molecule has 0 aliphatic heterocycles. The van der Waals surface area contributed by atoms with Crippen molar-refractivity contribution in [1.82, 2.24) is 5.32 Å². The lowest BCUT2D eigenvalue weighted by Crippen LogP contribution is -2.12. The third-order valence-corrected chi connectivity index (χ3v) is 2.90. The second-order valence-corrected chi connectivity index (χ2v) is 4.26. The van der Waals surface area contributed by atoms with Crippen molar-refractivity contribution in [2.24, 2.45) is 0 Å². The Morgan fingerprint density at radius 1 is 0.765 bits per heavy atom. The van der Waals surface area contributed by atoms with Gasteiger partial charge in [-0.05, 0) is 23.1 Å². The third-order valence-electron chi connectivity index (χ3n) is 2.90. The van der Waals surface area contributed by atoms with Crippen LogP contribution in [0.5, 0.6) is 0 Å². The molecule has 0 unspecified atom stereocenters. The average Bonchev–Trinajstić information content (AvgIpc) is 2.40. The molecule has 1 heteroatoms. The lowest BCUT2D eigenvalue weighted by molar-refractivity contribution is 0.693. The molecule has 0 atom stereocenters. The van der Waals surface area contributed by atoms with Crippen LogP contribution in [-0.2, 0) is 19.5 Å². The van der Waals surface area contributed by atoms with E-state index in [1.807, 2.05) is 6.07 Å². The van der Waals surface area contributed by atoms with Crippen LogP contribution in [0.1, 0.15) is 23.6 Å². The smallest absolute Gasteiger partial charge is 0.0208 e. The van der Waals surface area contributed by atoms with E-state index in [4.69, 9.17) is 0 Å². The molecule has 0 radical (unpaired) electrons. The summed E-state index contributed by atoms with van der Waals surface area (Å²) in [5, 5.41) is 3.47. The molecule has 0 heterocycles. The predicted octanol–water partition coefficient (Wildman–Crippen LogP) is 3.54. The summed E-state index contributed by atoms with van der Waals surface area (Å²) >= 11 is 0. The lowest BCUT2D eigenvalue weighted by Gasteiger charge is -2.06. The molecule has 2 aromatic rings. The summed E-state index contributed by atoms with van der Waals surface area (Å²) in [6.45, 7) is 4.05. The van der Waals surface area contributed by atoms with E-state index in [0.717, 1.165) is 19.5 Å². The van der Waals surface area contributed by atoms with Crippen molar-refractivity contribution in [3.8, 4) is 0 Å². The zero-order chi connectivity index (χ0) is 11.9. The van der Waals surface area contributed by atoms with Gasteiger partial charge >= 0.3 is 0 Å². The molecule has 0 amide bonds. The first-order chi connectivity index (χ1) is 8.38. The highest BCUT2D eigenvalue weighted by molar-refractivity contribution is 5.23. The fourth-order valence-corrected chi connectivity index (χ4v) is 1.91. The van der Waals surface area contributed by atoms with E-state index in [0.29, 0.717) is 0 Å². The maximum atomic E-state index is 3.47. The molecule has 0 saturated heterocycles. The molecule has 2 rings (SSSR count). The van der Waals surface area contributed by atoms with Gasteiger partial charge in [-0.15, -0.1) is 0 Å². The second-order valence-electron chi connectivity index (χ2n) is 4.26. The van der Waals surface area contributed by atoms with E-state index in [9.17, 15) is 0 Å². The Morgan fingerprint density at radius 2 is 1.41 bits per heavy atom. The van der Waals surface area contributed by atoms with Crippen molar-refractivity contribution in [2.45, 2.75) is 26.4 Å². The highest BCUT2D eigenvalue weighted by atomic mass is 14.8. The molecule has 1 nitrogen and oxygen atoms in total. The zero-order valence-electron chi connectivity index (χ0n) is 10.3. The Hall–Kier alpha value is -1.60. The molecule has 0 fully saturated rings. The first kappa shape index (κ1) is 11.9. The second kappa shape index (κ2) is 6.21. The van der Waals surface area contributed by atoms with E-state index in [1.54, 1.807) is 0 Å². The van der Waals surface area contributed by atoms with Crippen LogP contribution in [-0.4, -0.2) is 0 Å². The molecule has 88 valence electrons. The molecule has 0 saturated carbocycles. The van der Waals surface area contributed by atoms with Gasteiger partial charge in [-0.2, -0.15) is 0 Å². The topological polar surface area (TPSA) is 12.0 Å². The van der Waals surface area contributed by atoms with Gasteiger partial charge in [-0.1, -0.05) is 61.5 Å². The van der Waals surface area contributed by atoms with Crippen LogP contribution in [0.3, 0.4) is 0 Å². The van der Waals surface area contributed by atoms with Gasteiger partial charge in [-0.3, -0.25) is 0 Å². The first-order valence-corrected chi connectivity index (χ1v) is 6.21. The SMILES string of the molecule is CCc1cccc(CNCc2ccccc2)c1. The van der Waals surface area contributed by atoms with Gasteiger partial charge < -0.3 is 5.32 Å². The minimum absolute atomic E-state index is 0.928. The van der Waals surface area contributed by atoms with Crippen LogP contribution in [0.15, 0.2) is 54.6 Å². The molecule has 1 N–H and O–H groups in total. The van der Waals surface area contributed by atoms with Gasteiger partial charge in [0.05, 0.1) is 0 Å². The Kier molecular flexibility index (Phi) is 4.34. The number of aryl methyl sites for hydroxylation is 1. The van der Waals surface area contributed by atoms with Gasteiger partial charge in [0.1, 0.15) is 0 Å². The van der Waals surface area contributed by atoms with Crippen LogP contribution in [0, 0.1) is 0 Å². The van der Waals surface area contributed by atoms with E-state index in [1.165, 1.54) is 16.7 Å². The molecule has 0 aliphatic rings. The van der Waals surface area contributed by atoms with Crippen molar-refractivity contribution in [3.63, 3.8) is 0 Å². The number of benzene rings is 2. The van der Waals surface area contributed by atoms with Crippen molar-refractivity contribution < 1.29 is 0 Å². The normalized spacial score (nSPS) is 10.4. The fourth-order valence-electron chi connectivity index (χ4n) is 1.91. The summed E-state index contributed by atoms with van der Waals surface area (Å²) < 4.78 is 0. The maximum absolute atomic E-state index is 3.47. The van der Waals surface area contributed by atoms with E-state index in [2.05, 4.69) is 60.8 Å². The van der Waals surface area contributed by atoms with E-state index < -0.39 is 0 Å². The van der Waals surface area contributed by atoms with E-state index >= 15 is 0 Å². The number of nitrogens with one attached hydrogen (secondary N) is 1. The fraction of sp³-hybridized carbons (Fsp3) is 0.250. The summed E-state index contributed by atoms with van der Waals surface area (Å²) in [5.74, 6) is 0. The van der Waals surface area contributed by atoms with Crippen LogP contribution in [0.4, 0.5) is 0 Å². The summed E-state index contributed by atoms with van der Waals surface area (Å²) in [6.07, 6.45) is 1.10. The monoisotopic (exact) mass is 225 g/mol. The molecule has 0 bridgehead atoms. The highest BCUT2D eigenvalue weighted by Crippen LogP contribution is 2.06. The van der Waals surface area contributed by atoms with Crippen LogP contribution in [0.2, 0.25) is 0 Å². The molecular weight excluding hydrogens is 206 g/mol. The van der Waals surface area contributed by atoms with Gasteiger partial charge in [0.25, 0.3) is 0 Å². The summed E-state index contributed by atoms with van der Waals surface area (Å²) in [5.41, 5.74) is 4.10. The molecule has 17 heavy (non-hydrogen) atoms. The molecule has 0 aromatic heterocycles. The number of hydrogen-bond donors (Lipinski definition) is 1. The first-order valence-electron chi connectivity index (χ1n) is 6.21. The van der Waals surface area contributed by atoms with Crippen LogP contribution in [0.25, 0.3) is 0 Å². The third kappa shape index (κ3) is 3.72. The molecule has 0 spiro atoms. The number of rotatable bonds is 5. The molecular formula is C16H19N. The van der Waals surface area contributed by atoms with Crippen molar-refractivity contribution >= 4 is 0 Å². The van der Waals surface area contributed by atoms with Crippen molar-refractivity contribution in [1.29, 1.82) is 0 Å². The summed E-state index contributed by atoms with van der Waals surface area (Å²) in [4.78, 5) is 0. The minimum Gasteiger partial charge on any atom is -0.309 e. The van der Waals surface area contributed by atoms with Crippen molar-refractivity contribution in [3.05, 3.63) is 71.3 Å². The summed E-state index contributed by atoms with van der Waals surface area (Å²) in [6, 6.07) is 19.3. The minimum atomic E-state index is 0.928. The highest BCUT2D eigenvalue weighted by Gasteiger charge is 1.95. The van der Waals surface area contributed by atoms with Crippen LogP contribution < -0.4 is 5.32 Å². The Bertz CT molecular complexity index is 448. The van der Waals surface area contributed by atoms with Gasteiger partial charge in [-0.25, -0.2) is 0 Å². The maximum Gasteiger partial charge on any atom is 0.0208 e. The van der Waals surface area contributed by atoms with Gasteiger partial charge in [0, 0.05) is 13.1 Å². The largest absolute Gasteiger partial charge is 0.309 e. The predicted molar refractivity (Wildman–Crippen MR) is 72.8 cm³/mol. The van der Waals surface area contributed by atoms with Crippen LogP contribution >= 0.6 is 0 Å². The lowest BCUT2D eigenvalue weighted by atomic mass is 10.1. The average molecular weight is 225 g/mol. The Labute approximate surface area is 103 Å². The molecule has 2 aromatic carbocycles. The van der Waals surface area contributed by atoms with E-state index in [-0.39, 0.29) is 0 Å². The Morgan fingerprint density at radius 3 is 2.18 bits per heavy atom. The Balaban J connectivity index is 1.86. The van der Waals surface area contributed by atoms with Crippen molar-refractivity contribution in [2.75, 3.05) is 0 Å². The standard InChI is InChI=1S/C16H19N/c1-2-14-9-6-10-16(11-14)13-17-12-15-7-4-3-5-8-15/h3-11,17H,2,12-13H2,1H3. The van der Waals surface area contributed by atoms with Gasteiger partial charge in [0.2, 0.25) is 0 Å². The molecule has 0 aliphatic carbocycles. The number of hydrogen-bond acceptors (Lipinski definition) is 1. The summed E-state index contributed by atoms with van der Waals surface area (Å²) in [7, 11) is 0. The quantitative estimate of drug-likeness (QED) is 0.820. The van der Waals surface area contributed by atoms with Gasteiger partial charge in [0.15, 0.2) is 0 Å².